The van der Waals surface area contributed by atoms with Crippen molar-refractivity contribution < 1.29 is 19.5 Å². The third kappa shape index (κ3) is 4.84. The Labute approximate surface area is 146 Å². The van der Waals surface area contributed by atoms with Gasteiger partial charge in [-0.25, -0.2) is 4.79 Å². The van der Waals surface area contributed by atoms with Gasteiger partial charge in [0.25, 0.3) is 0 Å². The van der Waals surface area contributed by atoms with Crippen molar-refractivity contribution in [2.24, 2.45) is 11.8 Å². The van der Waals surface area contributed by atoms with Crippen LogP contribution in [0.15, 0.2) is 30.3 Å². The quantitative estimate of drug-likeness (QED) is 0.854. The first-order valence-corrected chi connectivity index (χ1v) is 9.07. The summed E-state index contributed by atoms with van der Waals surface area (Å²) in [7, 11) is 0. The topological polar surface area (TPSA) is 74.7 Å². The molecular formula is C18H23NO4S. The van der Waals surface area contributed by atoms with Crippen molar-refractivity contribution in [2.45, 2.75) is 32.7 Å². The zero-order chi connectivity index (χ0) is 17.7. The number of carboxylic acid groups (broad SMARTS) is 1. The summed E-state index contributed by atoms with van der Waals surface area (Å²) in [6, 6.07) is 9.14. The lowest BCUT2D eigenvalue weighted by atomic mass is 9.97. The summed E-state index contributed by atoms with van der Waals surface area (Å²) < 4.78 is 0. The second-order valence-corrected chi connectivity index (χ2v) is 7.54. The zero-order valence-electron chi connectivity index (χ0n) is 14.0. The van der Waals surface area contributed by atoms with E-state index < -0.39 is 12.0 Å². The van der Waals surface area contributed by atoms with Crippen LogP contribution in [0.4, 0.5) is 0 Å². The van der Waals surface area contributed by atoms with Gasteiger partial charge in [0, 0.05) is 25.1 Å². The van der Waals surface area contributed by atoms with Gasteiger partial charge in [-0.15, -0.1) is 0 Å². The van der Waals surface area contributed by atoms with Crippen molar-refractivity contribution in [3.8, 4) is 0 Å². The maximum Gasteiger partial charge on any atom is 0.326 e. The van der Waals surface area contributed by atoms with E-state index in [9.17, 15) is 19.5 Å². The fourth-order valence-electron chi connectivity index (χ4n) is 3.09. The summed E-state index contributed by atoms with van der Waals surface area (Å²) in [4.78, 5) is 36.7. The van der Waals surface area contributed by atoms with Gasteiger partial charge < -0.3 is 10.0 Å². The molecule has 1 amide bonds. The molecule has 5 nitrogen and oxygen atoms in total. The van der Waals surface area contributed by atoms with E-state index in [1.807, 2.05) is 30.3 Å². The van der Waals surface area contributed by atoms with Crippen LogP contribution in [0.5, 0.6) is 0 Å². The maximum atomic E-state index is 12.6. The van der Waals surface area contributed by atoms with Crippen LogP contribution in [0.1, 0.15) is 25.8 Å². The Morgan fingerprint density at radius 2 is 1.96 bits per heavy atom. The van der Waals surface area contributed by atoms with Gasteiger partial charge in [-0.05, 0) is 24.3 Å². The Balaban J connectivity index is 2.03. The van der Waals surface area contributed by atoms with Crippen LogP contribution in [-0.4, -0.2) is 45.3 Å². The minimum Gasteiger partial charge on any atom is -0.480 e. The lowest BCUT2D eigenvalue weighted by molar-refractivity contribution is -0.149. The molecule has 3 atom stereocenters. The Kier molecular flexibility index (Phi) is 6.43. The van der Waals surface area contributed by atoms with Crippen molar-refractivity contribution in [2.75, 3.05) is 12.3 Å². The zero-order valence-corrected chi connectivity index (χ0v) is 14.8. The number of carbonyl (C=O) groups excluding carboxylic acids is 2. The van der Waals surface area contributed by atoms with Gasteiger partial charge in [0.15, 0.2) is 5.12 Å². The summed E-state index contributed by atoms with van der Waals surface area (Å²) in [5, 5.41) is 9.43. The predicted octanol–water partition coefficient (Wildman–Crippen LogP) is 2.45. The van der Waals surface area contributed by atoms with Gasteiger partial charge in [0.1, 0.15) is 6.04 Å². The molecule has 0 radical (unpaired) electrons. The van der Waals surface area contributed by atoms with Crippen molar-refractivity contribution in [1.29, 1.82) is 0 Å². The fourth-order valence-corrected chi connectivity index (χ4v) is 3.72. The van der Waals surface area contributed by atoms with Crippen molar-refractivity contribution in [1.82, 2.24) is 4.90 Å². The van der Waals surface area contributed by atoms with Crippen LogP contribution in [0.3, 0.4) is 0 Å². The van der Waals surface area contributed by atoms with E-state index in [1.54, 1.807) is 6.92 Å². The largest absolute Gasteiger partial charge is 0.480 e. The molecule has 0 spiro atoms. The van der Waals surface area contributed by atoms with Crippen LogP contribution in [0.2, 0.25) is 0 Å². The number of carbonyl (C=O) groups is 3. The summed E-state index contributed by atoms with van der Waals surface area (Å²) in [5.41, 5.74) is 1.15. The molecule has 0 unspecified atom stereocenters. The third-order valence-corrected chi connectivity index (χ3v) is 5.35. The van der Waals surface area contributed by atoms with E-state index in [4.69, 9.17) is 0 Å². The average Bonchev–Trinajstić information content (AvgIpc) is 2.96. The van der Waals surface area contributed by atoms with Crippen LogP contribution >= 0.6 is 11.8 Å². The molecule has 1 saturated heterocycles. The highest BCUT2D eigenvalue weighted by molar-refractivity contribution is 8.13. The maximum absolute atomic E-state index is 12.6. The molecule has 1 aliphatic heterocycles. The molecule has 2 rings (SSSR count). The molecule has 1 N–H and O–H groups in total. The molecule has 0 aliphatic carbocycles. The van der Waals surface area contributed by atoms with E-state index >= 15 is 0 Å². The van der Waals surface area contributed by atoms with Gasteiger partial charge in [-0.1, -0.05) is 49.0 Å². The van der Waals surface area contributed by atoms with E-state index in [-0.39, 0.29) is 22.9 Å². The van der Waals surface area contributed by atoms with Crippen LogP contribution in [0, 0.1) is 11.8 Å². The first-order valence-electron chi connectivity index (χ1n) is 8.09. The first kappa shape index (κ1) is 18.5. The fraction of sp³-hybridized carbons (Fsp3) is 0.500. The first-order chi connectivity index (χ1) is 11.4. The van der Waals surface area contributed by atoms with Crippen LogP contribution < -0.4 is 0 Å². The Bertz CT molecular complexity index is 604. The highest BCUT2D eigenvalue weighted by atomic mass is 32.2. The van der Waals surface area contributed by atoms with Gasteiger partial charge >= 0.3 is 5.97 Å². The minimum atomic E-state index is -0.953. The predicted molar refractivity (Wildman–Crippen MR) is 93.7 cm³/mol. The van der Waals surface area contributed by atoms with Gasteiger partial charge in [0.05, 0.1) is 0 Å². The number of carboxylic acids is 1. The van der Waals surface area contributed by atoms with Gasteiger partial charge in [-0.3, -0.25) is 9.59 Å². The summed E-state index contributed by atoms with van der Waals surface area (Å²) in [6.45, 7) is 3.68. The lowest BCUT2D eigenvalue weighted by Crippen LogP contribution is -2.43. The Morgan fingerprint density at radius 1 is 1.29 bits per heavy atom. The van der Waals surface area contributed by atoms with Crippen molar-refractivity contribution in [3.63, 3.8) is 0 Å². The molecule has 1 fully saturated rings. The highest BCUT2D eigenvalue weighted by Gasteiger charge is 2.40. The van der Waals surface area contributed by atoms with Gasteiger partial charge in [0.2, 0.25) is 5.91 Å². The molecule has 1 aromatic carbocycles. The van der Waals surface area contributed by atoms with Crippen LogP contribution in [-0.2, 0) is 20.8 Å². The molecule has 6 heteroatoms. The third-order valence-electron chi connectivity index (χ3n) is 4.28. The van der Waals surface area contributed by atoms with Crippen molar-refractivity contribution >= 4 is 28.8 Å². The van der Waals surface area contributed by atoms with E-state index in [1.165, 1.54) is 11.8 Å². The smallest absolute Gasteiger partial charge is 0.326 e. The van der Waals surface area contributed by atoms with E-state index in [2.05, 4.69) is 0 Å². The number of hydrogen-bond donors (Lipinski definition) is 1. The lowest BCUT2D eigenvalue weighted by Gasteiger charge is -2.24. The summed E-state index contributed by atoms with van der Waals surface area (Å²) >= 11 is 1.11. The standard InChI is InChI=1S/C18H23NO4S/c1-12(11-24-13(2)20)17(21)19-10-15(9-16(19)18(22)23)8-14-6-4-3-5-7-14/h3-7,12,15-16H,8-11H2,1-2H3,(H,22,23)/t12-,15+,16+/m1/s1. The molecule has 1 aliphatic rings. The number of likely N-dealkylation sites (tertiary alicyclic amines) is 1. The van der Waals surface area contributed by atoms with Crippen LogP contribution in [0.25, 0.3) is 0 Å². The Hall–Kier alpha value is -1.82. The number of nitrogens with zero attached hydrogens (tertiary/aromatic N) is 1. The summed E-state index contributed by atoms with van der Waals surface area (Å²) in [6.07, 6.45) is 1.24. The normalized spacial score (nSPS) is 21.5. The van der Waals surface area contributed by atoms with Gasteiger partial charge in [-0.2, -0.15) is 0 Å². The average molecular weight is 349 g/mol. The summed E-state index contributed by atoms with van der Waals surface area (Å²) in [5.74, 6) is -0.959. The Morgan fingerprint density at radius 3 is 2.54 bits per heavy atom. The van der Waals surface area contributed by atoms with Crippen molar-refractivity contribution in [3.05, 3.63) is 35.9 Å². The number of hydrogen-bond acceptors (Lipinski definition) is 4. The van der Waals surface area contributed by atoms with E-state index in [0.717, 1.165) is 23.7 Å². The molecule has 1 heterocycles. The number of aliphatic carboxylic acids is 1. The monoisotopic (exact) mass is 349 g/mol. The highest BCUT2D eigenvalue weighted by Crippen LogP contribution is 2.28. The SMILES string of the molecule is CC(=O)SC[C@@H](C)C(=O)N1C[C@@H](Cc2ccccc2)C[C@H]1C(=O)O. The minimum absolute atomic E-state index is 0.0344. The molecule has 0 saturated carbocycles. The molecule has 1 aromatic rings. The molecule has 24 heavy (non-hydrogen) atoms. The molecule has 130 valence electrons. The molecule has 0 bridgehead atoms. The second kappa shape index (κ2) is 8.33. The second-order valence-electron chi connectivity index (χ2n) is 6.34. The molecular weight excluding hydrogens is 326 g/mol. The number of benzene rings is 1. The number of amides is 1. The number of rotatable bonds is 6. The number of thioether (sulfide) groups is 1. The van der Waals surface area contributed by atoms with E-state index in [0.29, 0.717) is 18.7 Å². The molecule has 0 aromatic heterocycles.